The molecular formula is C25H22N2O4S2. The van der Waals surface area contributed by atoms with Gasteiger partial charge in [-0.3, -0.25) is 4.79 Å². The van der Waals surface area contributed by atoms with E-state index in [1.54, 1.807) is 36.4 Å². The maximum atomic E-state index is 13.6. The smallest absolute Gasteiger partial charge is 0.211 e. The minimum absolute atomic E-state index is 0.0770. The highest BCUT2D eigenvalue weighted by Gasteiger charge is 2.31. The lowest BCUT2D eigenvalue weighted by molar-refractivity contribution is 0.104. The van der Waals surface area contributed by atoms with Crippen molar-refractivity contribution in [2.24, 2.45) is 0 Å². The van der Waals surface area contributed by atoms with E-state index in [1.807, 2.05) is 37.3 Å². The Morgan fingerprint density at radius 3 is 2.33 bits per heavy atom. The Morgan fingerprint density at radius 1 is 0.970 bits per heavy atom. The summed E-state index contributed by atoms with van der Waals surface area (Å²) >= 11 is 1.02. The average Bonchev–Trinajstić information content (AvgIpc) is 3.15. The molecule has 3 N–H and O–H groups in total. The van der Waals surface area contributed by atoms with E-state index in [1.165, 1.54) is 19.2 Å². The number of para-hydroxylation sites is 1. The number of anilines is 3. The highest BCUT2D eigenvalue weighted by Crippen LogP contribution is 2.44. The van der Waals surface area contributed by atoms with E-state index in [9.17, 15) is 13.2 Å². The van der Waals surface area contributed by atoms with Crippen molar-refractivity contribution < 1.29 is 17.9 Å². The number of nitrogen functional groups attached to an aromatic ring is 1. The number of nitrogens with two attached hydrogens (primary N) is 1. The number of hydrogen-bond acceptors (Lipinski definition) is 7. The first-order valence-corrected chi connectivity index (χ1v) is 12.4. The molecule has 6 nitrogen and oxygen atoms in total. The molecule has 8 heteroatoms. The topological polar surface area (TPSA) is 98.5 Å². The maximum Gasteiger partial charge on any atom is 0.211 e. The van der Waals surface area contributed by atoms with E-state index in [2.05, 4.69) is 5.32 Å². The van der Waals surface area contributed by atoms with Gasteiger partial charge in [-0.05, 0) is 43.3 Å². The van der Waals surface area contributed by atoms with Crippen LogP contribution in [0.4, 0.5) is 16.4 Å². The largest absolute Gasteiger partial charge is 0.497 e. The van der Waals surface area contributed by atoms with Crippen LogP contribution in [0.25, 0.3) is 0 Å². The first-order chi connectivity index (χ1) is 15.8. The second-order valence-corrected chi connectivity index (χ2v) is 10.3. The molecule has 0 saturated heterocycles. The molecule has 0 saturated carbocycles. The molecule has 0 atom stereocenters. The van der Waals surface area contributed by atoms with Crippen LogP contribution in [0.5, 0.6) is 5.75 Å². The third-order valence-corrected chi connectivity index (χ3v) is 8.17. The van der Waals surface area contributed by atoms with Gasteiger partial charge in [-0.1, -0.05) is 48.0 Å². The van der Waals surface area contributed by atoms with Crippen LogP contribution in [0, 0.1) is 6.92 Å². The van der Waals surface area contributed by atoms with Crippen molar-refractivity contribution in [2.75, 3.05) is 18.2 Å². The van der Waals surface area contributed by atoms with Gasteiger partial charge in [-0.2, -0.15) is 0 Å². The zero-order chi connectivity index (χ0) is 23.6. The maximum absolute atomic E-state index is 13.6. The quantitative estimate of drug-likeness (QED) is 0.343. The molecule has 4 aromatic rings. The van der Waals surface area contributed by atoms with Crippen LogP contribution in [-0.2, 0) is 9.84 Å². The first kappa shape index (κ1) is 22.6. The Bertz CT molecular complexity index is 1410. The summed E-state index contributed by atoms with van der Waals surface area (Å²) in [6, 6.07) is 22.3. The summed E-state index contributed by atoms with van der Waals surface area (Å²) in [5.41, 5.74) is 8.25. The highest BCUT2D eigenvalue weighted by atomic mass is 32.2. The minimum Gasteiger partial charge on any atom is -0.497 e. The molecule has 1 heterocycles. The number of thiophene rings is 1. The minimum atomic E-state index is -4.00. The molecule has 0 amide bonds. The van der Waals surface area contributed by atoms with Gasteiger partial charge in [0.15, 0.2) is 0 Å². The molecule has 0 fully saturated rings. The van der Waals surface area contributed by atoms with Crippen LogP contribution in [-0.4, -0.2) is 21.3 Å². The van der Waals surface area contributed by atoms with Gasteiger partial charge in [0.25, 0.3) is 0 Å². The van der Waals surface area contributed by atoms with Crippen molar-refractivity contribution >= 4 is 43.3 Å². The van der Waals surface area contributed by atoms with Crippen LogP contribution in [0.15, 0.2) is 88.7 Å². The molecule has 1 aromatic heterocycles. The molecule has 0 unspecified atom stereocenters. The standard InChI is InChI=1S/C25H22N2O4S2/c1-16-11-13-20(14-12-16)33(29,30)24-21(26)23(22(28)17-7-6-10-19(15-17)31-2)32-25(24)27-18-8-4-3-5-9-18/h3-15,27H,26H2,1-2H3. The summed E-state index contributed by atoms with van der Waals surface area (Å²) in [5.74, 6) is 0.143. The number of benzene rings is 3. The van der Waals surface area contributed by atoms with Gasteiger partial charge < -0.3 is 15.8 Å². The van der Waals surface area contributed by atoms with Crippen molar-refractivity contribution in [2.45, 2.75) is 16.7 Å². The second kappa shape index (κ2) is 9.09. The summed E-state index contributed by atoms with van der Waals surface area (Å²) in [4.78, 5) is 13.5. The number of nitrogens with one attached hydrogen (secondary N) is 1. The predicted molar refractivity (Wildman–Crippen MR) is 132 cm³/mol. The van der Waals surface area contributed by atoms with Crippen molar-refractivity contribution in [3.8, 4) is 5.75 Å². The van der Waals surface area contributed by atoms with Crippen molar-refractivity contribution in [1.82, 2.24) is 0 Å². The number of carbonyl (C=O) groups is 1. The number of methoxy groups -OCH3 is 1. The Labute approximate surface area is 196 Å². The lowest BCUT2D eigenvalue weighted by Gasteiger charge is -2.10. The molecule has 4 rings (SSSR count). The van der Waals surface area contributed by atoms with Gasteiger partial charge in [0.1, 0.15) is 20.5 Å². The molecular weight excluding hydrogens is 456 g/mol. The molecule has 0 spiro atoms. The summed E-state index contributed by atoms with van der Waals surface area (Å²) in [7, 11) is -2.49. The van der Waals surface area contributed by atoms with Gasteiger partial charge in [0.05, 0.1) is 17.7 Å². The van der Waals surface area contributed by atoms with E-state index in [4.69, 9.17) is 10.5 Å². The van der Waals surface area contributed by atoms with E-state index in [0.717, 1.165) is 16.9 Å². The molecule has 3 aromatic carbocycles. The Balaban J connectivity index is 1.87. The number of hydrogen-bond donors (Lipinski definition) is 2. The van der Waals surface area contributed by atoms with Crippen molar-refractivity contribution in [1.29, 1.82) is 0 Å². The number of rotatable bonds is 7. The predicted octanol–water partition coefficient (Wildman–Crippen LogP) is 5.45. The number of carbonyl (C=O) groups excluding carboxylic acids is 1. The third-order valence-electron chi connectivity index (χ3n) is 5.07. The lowest BCUT2D eigenvalue weighted by atomic mass is 10.1. The molecule has 0 radical (unpaired) electrons. The fourth-order valence-electron chi connectivity index (χ4n) is 3.33. The van der Waals surface area contributed by atoms with Crippen LogP contribution < -0.4 is 15.8 Å². The first-order valence-electron chi connectivity index (χ1n) is 10.1. The monoisotopic (exact) mass is 478 g/mol. The fraction of sp³-hybridized carbons (Fsp3) is 0.0800. The fourth-order valence-corrected chi connectivity index (χ4v) is 6.26. The van der Waals surface area contributed by atoms with E-state index in [-0.39, 0.29) is 31.1 Å². The van der Waals surface area contributed by atoms with Crippen molar-refractivity contribution in [3.63, 3.8) is 0 Å². The van der Waals surface area contributed by atoms with Crippen LogP contribution in [0.3, 0.4) is 0 Å². The molecule has 168 valence electrons. The highest BCUT2D eigenvalue weighted by molar-refractivity contribution is 7.92. The van der Waals surface area contributed by atoms with E-state index in [0.29, 0.717) is 17.0 Å². The molecule has 0 bridgehead atoms. The number of sulfone groups is 1. The molecule has 0 aliphatic carbocycles. The number of aryl methyl sites for hydroxylation is 1. The number of ether oxygens (including phenoxy) is 1. The molecule has 33 heavy (non-hydrogen) atoms. The van der Waals surface area contributed by atoms with Crippen LogP contribution in [0.2, 0.25) is 0 Å². The molecule has 0 aliphatic rings. The zero-order valence-corrected chi connectivity index (χ0v) is 19.7. The van der Waals surface area contributed by atoms with E-state index < -0.39 is 9.84 Å². The normalized spacial score (nSPS) is 11.2. The van der Waals surface area contributed by atoms with Gasteiger partial charge in [0.2, 0.25) is 15.6 Å². The second-order valence-electron chi connectivity index (χ2n) is 7.37. The third kappa shape index (κ3) is 4.48. The van der Waals surface area contributed by atoms with Crippen LogP contribution in [0.1, 0.15) is 20.8 Å². The summed E-state index contributed by atoms with van der Waals surface area (Å²) in [6.45, 7) is 1.88. The Kier molecular flexibility index (Phi) is 6.22. The van der Waals surface area contributed by atoms with Crippen LogP contribution >= 0.6 is 11.3 Å². The average molecular weight is 479 g/mol. The summed E-state index contributed by atoms with van der Waals surface area (Å²) in [5, 5.41) is 3.42. The van der Waals surface area contributed by atoms with Gasteiger partial charge in [-0.15, -0.1) is 11.3 Å². The summed E-state index contributed by atoms with van der Waals surface area (Å²) in [6.07, 6.45) is 0. The number of ketones is 1. The Hall–Kier alpha value is -3.62. The zero-order valence-electron chi connectivity index (χ0n) is 18.0. The SMILES string of the molecule is COc1cccc(C(=O)c2sc(Nc3ccccc3)c(S(=O)(=O)c3ccc(C)cc3)c2N)c1. The lowest BCUT2D eigenvalue weighted by Crippen LogP contribution is -2.08. The summed E-state index contributed by atoms with van der Waals surface area (Å²) < 4.78 is 32.4. The molecule has 0 aliphatic heterocycles. The Morgan fingerprint density at radius 2 is 1.67 bits per heavy atom. The van der Waals surface area contributed by atoms with Crippen molar-refractivity contribution in [3.05, 3.63) is 94.9 Å². The van der Waals surface area contributed by atoms with Gasteiger partial charge >= 0.3 is 0 Å². The van der Waals surface area contributed by atoms with Gasteiger partial charge in [0, 0.05) is 11.3 Å². The van der Waals surface area contributed by atoms with Gasteiger partial charge in [-0.25, -0.2) is 8.42 Å². The van der Waals surface area contributed by atoms with E-state index >= 15 is 0 Å².